The van der Waals surface area contributed by atoms with Gasteiger partial charge in [-0.1, -0.05) is 23.4 Å². The first-order valence-electron chi connectivity index (χ1n) is 8.24. The molecule has 2 aromatic carbocycles. The van der Waals surface area contributed by atoms with E-state index in [9.17, 15) is 4.79 Å². The van der Waals surface area contributed by atoms with Crippen LogP contribution in [0.15, 0.2) is 58.3 Å². The SMILES string of the molecule is O=C(NC1CN2CCC1C2)c1ccc(Sc2ccc(Cl)cc2)cc1. The van der Waals surface area contributed by atoms with E-state index in [1.165, 1.54) is 13.0 Å². The molecule has 2 aliphatic rings. The van der Waals surface area contributed by atoms with Crippen molar-refractivity contribution in [3.63, 3.8) is 0 Å². The highest BCUT2D eigenvalue weighted by molar-refractivity contribution is 7.99. The van der Waals surface area contributed by atoms with Crippen molar-refractivity contribution in [3.8, 4) is 0 Å². The van der Waals surface area contributed by atoms with Gasteiger partial charge in [-0.25, -0.2) is 0 Å². The number of hydrogen-bond donors (Lipinski definition) is 1. The summed E-state index contributed by atoms with van der Waals surface area (Å²) < 4.78 is 0. The number of carbonyl (C=O) groups excluding carboxylic acids is 1. The molecular weight excluding hydrogens is 340 g/mol. The third-order valence-electron chi connectivity index (χ3n) is 4.82. The summed E-state index contributed by atoms with van der Waals surface area (Å²) in [5.74, 6) is 0.672. The van der Waals surface area contributed by atoms with Crippen LogP contribution in [0.3, 0.4) is 0 Å². The van der Waals surface area contributed by atoms with Crippen LogP contribution in [-0.2, 0) is 0 Å². The van der Waals surface area contributed by atoms with Crippen molar-refractivity contribution in [2.75, 3.05) is 19.6 Å². The lowest BCUT2D eigenvalue weighted by Gasteiger charge is -2.23. The predicted octanol–water partition coefficient (Wildman–Crippen LogP) is 3.93. The molecule has 2 bridgehead atoms. The Balaban J connectivity index is 1.38. The molecule has 2 aliphatic heterocycles. The van der Waals surface area contributed by atoms with Crippen molar-refractivity contribution < 1.29 is 4.79 Å². The second-order valence-electron chi connectivity index (χ2n) is 6.47. The third kappa shape index (κ3) is 3.46. The van der Waals surface area contributed by atoms with Crippen molar-refractivity contribution in [1.29, 1.82) is 0 Å². The lowest BCUT2D eigenvalue weighted by molar-refractivity contribution is 0.0924. The number of amides is 1. The predicted molar refractivity (Wildman–Crippen MR) is 97.8 cm³/mol. The smallest absolute Gasteiger partial charge is 0.251 e. The zero-order valence-electron chi connectivity index (χ0n) is 13.2. The first-order chi connectivity index (χ1) is 11.7. The number of piperidine rings is 1. The molecule has 2 aromatic rings. The van der Waals surface area contributed by atoms with Crippen LogP contribution in [0, 0.1) is 5.92 Å². The van der Waals surface area contributed by atoms with Crippen LogP contribution in [0.5, 0.6) is 0 Å². The monoisotopic (exact) mass is 358 g/mol. The zero-order chi connectivity index (χ0) is 16.5. The molecule has 3 atom stereocenters. The first kappa shape index (κ1) is 16.0. The van der Waals surface area contributed by atoms with Crippen molar-refractivity contribution in [3.05, 3.63) is 59.1 Å². The summed E-state index contributed by atoms with van der Waals surface area (Å²) in [4.78, 5) is 17.1. The highest BCUT2D eigenvalue weighted by Crippen LogP contribution is 2.30. The Hall–Kier alpha value is -1.49. The molecule has 3 nitrogen and oxygen atoms in total. The molecule has 2 heterocycles. The molecule has 0 aliphatic carbocycles. The summed E-state index contributed by atoms with van der Waals surface area (Å²) >= 11 is 7.57. The second-order valence-corrected chi connectivity index (χ2v) is 8.05. The van der Waals surface area contributed by atoms with Gasteiger partial charge < -0.3 is 10.2 Å². The maximum atomic E-state index is 12.4. The van der Waals surface area contributed by atoms with Crippen molar-refractivity contribution in [2.45, 2.75) is 22.3 Å². The fraction of sp³-hybridized carbons (Fsp3) is 0.316. The topological polar surface area (TPSA) is 32.3 Å². The summed E-state index contributed by atoms with van der Waals surface area (Å²) in [5, 5.41) is 3.94. The standard InChI is InChI=1S/C19H19ClN2OS/c20-15-3-7-17(8-4-15)24-16-5-1-13(2-6-16)19(23)21-18-12-22-10-9-14(18)11-22/h1-8,14,18H,9-12H2,(H,21,23). The van der Waals surface area contributed by atoms with Crippen LogP contribution in [0.1, 0.15) is 16.8 Å². The highest BCUT2D eigenvalue weighted by atomic mass is 35.5. The Morgan fingerprint density at radius 1 is 1.04 bits per heavy atom. The minimum Gasteiger partial charge on any atom is -0.348 e. The second kappa shape index (κ2) is 6.79. The van der Waals surface area contributed by atoms with Gasteiger partial charge in [0, 0.05) is 39.5 Å². The summed E-state index contributed by atoms with van der Waals surface area (Å²) in [5.41, 5.74) is 0.730. The van der Waals surface area contributed by atoms with Crippen LogP contribution in [0.4, 0.5) is 0 Å². The lowest BCUT2D eigenvalue weighted by atomic mass is 9.99. The van der Waals surface area contributed by atoms with Crippen LogP contribution < -0.4 is 5.32 Å². The first-order valence-corrected chi connectivity index (χ1v) is 9.43. The van der Waals surface area contributed by atoms with Crippen molar-refractivity contribution in [2.24, 2.45) is 5.92 Å². The van der Waals surface area contributed by atoms with Gasteiger partial charge in [-0.3, -0.25) is 4.79 Å². The Labute approximate surface area is 151 Å². The molecule has 24 heavy (non-hydrogen) atoms. The van der Waals surface area contributed by atoms with Gasteiger partial charge in [0.1, 0.15) is 0 Å². The molecule has 5 heteroatoms. The fourth-order valence-electron chi connectivity index (χ4n) is 3.51. The van der Waals surface area contributed by atoms with Gasteiger partial charge in [0.05, 0.1) is 0 Å². The Bertz CT molecular complexity index is 732. The van der Waals surface area contributed by atoms with Gasteiger partial charge in [-0.15, -0.1) is 0 Å². The number of carbonyl (C=O) groups is 1. The molecule has 2 fully saturated rings. The summed E-state index contributed by atoms with van der Waals surface area (Å²) in [6, 6.07) is 15.9. The molecule has 1 N–H and O–H groups in total. The van der Waals surface area contributed by atoms with Crippen molar-refractivity contribution >= 4 is 29.3 Å². The van der Waals surface area contributed by atoms with E-state index in [0.29, 0.717) is 12.0 Å². The van der Waals surface area contributed by atoms with E-state index in [2.05, 4.69) is 10.2 Å². The molecule has 0 aromatic heterocycles. The van der Waals surface area contributed by atoms with Gasteiger partial charge in [0.15, 0.2) is 0 Å². The molecule has 4 rings (SSSR count). The number of fused-ring (bicyclic) bond motifs is 2. The molecule has 0 radical (unpaired) electrons. The molecule has 3 unspecified atom stereocenters. The number of benzene rings is 2. The lowest BCUT2D eigenvalue weighted by Crippen LogP contribution is -2.43. The minimum absolute atomic E-state index is 0.0387. The largest absolute Gasteiger partial charge is 0.348 e. The normalized spacial score (nSPS) is 25.0. The van der Waals surface area contributed by atoms with E-state index in [1.807, 2.05) is 48.5 Å². The number of rotatable bonds is 4. The van der Waals surface area contributed by atoms with Gasteiger partial charge in [-0.2, -0.15) is 0 Å². The van der Waals surface area contributed by atoms with Crippen LogP contribution in [-0.4, -0.2) is 36.5 Å². The Morgan fingerprint density at radius 2 is 1.71 bits per heavy atom. The van der Waals surface area contributed by atoms with E-state index < -0.39 is 0 Å². The molecule has 1 amide bonds. The zero-order valence-corrected chi connectivity index (χ0v) is 14.8. The molecule has 2 saturated heterocycles. The number of nitrogens with one attached hydrogen (secondary N) is 1. The van der Waals surface area contributed by atoms with Gasteiger partial charge in [-0.05, 0) is 67.4 Å². The molecular formula is C19H19ClN2OS. The molecule has 0 saturated carbocycles. The third-order valence-corrected chi connectivity index (χ3v) is 6.08. The van der Waals surface area contributed by atoms with Crippen LogP contribution in [0.25, 0.3) is 0 Å². The number of nitrogens with zero attached hydrogens (tertiary/aromatic N) is 1. The average molecular weight is 359 g/mol. The number of halogens is 1. The Kier molecular flexibility index (Phi) is 4.53. The molecule has 0 spiro atoms. The van der Waals surface area contributed by atoms with Crippen LogP contribution >= 0.6 is 23.4 Å². The van der Waals surface area contributed by atoms with E-state index >= 15 is 0 Å². The number of hydrogen-bond acceptors (Lipinski definition) is 3. The van der Waals surface area contributed by atoms with E-state index in [4.69, 9.17) is 11.6 Å². The minimum atomic E-state index is 0.0387. The van der Waals surface area contributed by atoms with E-state index in [-0.39, 0.29) is 5.91 Å². The van der Waals surface area contributed by atoms with Gasteiger partial charge in [0.25, 0.3) is 5.91 Å². The van der Waals surface area contributed by atoms with E-state index in [0.717, 1.165) is 33.5 Å². The maximum Gasteiger partial charge on any atom is 0.251 e. The summed E-state index contributed by atoms with van der Waals surface area (Å²) in [6.45, 7) is 3.33. The fourth-order valence-corrected chi connectivity index (χ4v) is 4.45. The Morgan fingerprint density at radius 3 is 2.29 bits per heavy atom. The van der Waals surface area contributed by atoms with Crippen LogP contribution in [0.2, 0.25) is 5.02 Å². The van der Waals surface area contributed by atoms with E-state index in [1.54, 1.807) is 11.8 Å². The summed E-state index contributed by atoms with van der Waals surface area (Å²) in [6.07, 6.45) is 1.21. The highest BCUT2D eigenvalue weighted by Gasteiger charge is 2.38. The van der Waals surface area contributed by atoms with Crippen molar-refractivity contribution in [1.82, 2.24) is 10.2 Å². The molecule has 124 valence electrons. The summed E-state index contributed by atoms with van der Waals surface area (Å²) in [7, 11) is 0. The maximum absolute atomic E-state index is 12.4. The van der Waals surface area contributed by atoms with Gasteiger partial charge in [0.2, 0.25) is 0 Å². The average Bonchev–Trinajstić information content (AvgIpc) is 3.20. The van der Waals surface area contributed by atoms with Gasteiger partial charge >= 0.3 is 0 Å². The quantitative estimate of drug-likeness (QED) is 0.898.